The molecule has 10 aromatic carbocycles. The molecule has 10 aromatic rings. The van der Waals surface area contributed by atoms with Gasteiger partial charge in [0.1, 0.15) is 0 Å². The lowest BCUT2D eigenvalue weighted by Gasteiger charge is -2.15. The molecule has 16 heteroatoms. The number of carbonyl (C=O) groups excluding carboxylic acids is 8. The number of rotatable bonds is 17. The van der Waals surface area contributed by atoms with Crippen molar-refractivity contribution in [2.24, 2.45) is 0 Å². The van der Waals surface area contributed by atoms with Gasteiger partial charge in [-0.3, -0.25) is 38.4 Å². The Morgan fingerprint density at radius 1 is 0.167 bits per heavy atom. The van der Waals surface area contributed by atoms with Crippen LogP contribution in [0.4, 0.5) is 45.5 Å². The third-order valence-corrected chi connectivity index (χ3v) is 13.0. The summed E-state index contributed by atoms with van der Waals surface area (Å²) in [4.78, 5) is 109. The standard InChI is InChI=1S/C68H50N8O8/c77-61(43-13-5-1-6-14-43)71-55-29-33-57(34-30-55)73-67(83)51-37-49(38-52(39-51)68(84)74-58-35-31-56(32-36-58)72-62(78)44-15-7-2-8-16-44)50-40-59(75-65(81)47-25-21-45(22-26-47)63(79)69-53-17-9-3-10-18-53)42-60(41-50)76-66(82)48-27-23-46(24-28-48)64(80)70-54-19-11-4-12-20-54/h1-42H,(H,69,79)(H,70,80)(H,71,77)(H,72,78)(H,73,83)(H,74,84)(H,75,81)(H,76,82). The van der Waals surface area contributed by atoms with Crippen molar-refractivity contribution in [1.82, 2.24) is 0 Å². The van der Waals surface area contributed by atoms with Crippen LogP contribution in [0.5, 0.6) is 0 Å². The molecule has 0 aromatic heterocycles. The Labute approximate surface area is 482 Å². The minimum absolute atomic E-state index is 0.0471. The van der Waals surface area contributed by atoms with Crippen molar-refractivity contribution in [2.75, 3.05) is 42.5 Å². The van der Waals surface area contributed by atoms with E-state index in [4.69, 9.17) is 0 Å². The fourth-order valence-electron chi connectivity index (χ4n) is 8.66. The van der Waals surface area contributed by atoms with Crippen LogP contribution in [-0.2, 0) is 0 Å². The van der Waals surface area contributed by atoms with Gasteiger partial charge in [0.25, 0.3) is 47.3 Å². The van der Waals surface area contributed by atoms with Crippen LogP contribution in [0.1, 0.15) is 82.9 Å². The Hall–Kier alpha value is -12.0. The number of anilines is 8. The van der Waals surface area contributed by atoms with Crippen molar-refractivity contribution < 1.29 is 38.4 Å². The predicted octanol–water partition coefficient (Wildman–Crippen LogP) is 13.4. The van der Waals surface area contributed by atoms with Crippen LogP contribution in [0.3, 0.4) is 0 Å². The molecule has 0 saturated heterocycles. The van der Waals surface area contributed by atoms with E-state index in [0.717, 1.165) is 0 Å². The third kappa shape index (κ3) is 14.4. The second-order valence-electron chi connectivity index (χ2n) is 19.0. The zero-order valence-corrected chi connectivity index (χ0v) is 44.5. The molecule has 10 rings (SSSR count). The average Bonchev–Trinajstić information content (AvgIpc) is 3.68. The lowest BCUT2D eigenvalue weighted by molar-refractivity contribution is 0.101. The minimum atomic E-state index is -0.606. The highest BCUT2D eigenvalue weighted by Crippen LogP contribution is 2.31. The van der Waals surface area contributed by atoms with Crippen molar-refractivity contribution in [3.05, 3.63) is 299 Å². The third-order valence-electron chi connectivity index (χ3n) is 13.0. The first-order chi connectivity index (χ1) is 40.8. The molecule has 8 N–H and O–H groups in total. The average molecular weight is 1110 g/mol. The number of hydrogen-bond donors (Lipinski definition) is 8. The largest absolute Gasteiger partial charge is 0.322 e. The van der Waals surface area contributed by atoms with Crippen molar-refractivity contribution in [3.63, 3.8) is 0 Å². The lowest BCUT2D eigenvalue weighted by Crippen LogP contribution is -2.17. The van der Waals surface area contributed by atoms with Gasteiger partial charge in [0.15, 0.2) is 0 Å². The SMILES string of the molecule is O=C(Nc1ccc(NC(=O)c2cc(C(=O)Nc3ccc(NC(=O)c4ccccc4)cc3)cc(-c3cc(NC(=O)c4ccc(C(=O)Nc5ccccc5)cc4)cc(NC(=O)c4ccc(C(=O)Nc5ccccc5)cc4)c3)c2)cc1)c1ccccc1. The number of amides is 8. The Kier molecular flexibility index (Phi) is 17.0. The van der Waals surface area contributed by atoms with Gasteiger partial charge in [-0.25, -0.2) is 0 Å². The maximum Gasteiger partial charge on any atom is 0.255 e. The maximum atomic E-state index is 14.3. The van der Waals surface area contributed by atoms with Gasteiger partial charge in [0.2, 0.25) is 0 Å². The van der Waals surface area contributed by atoms with Crippen molar-refractivity contribution >= 4 is 92.8 Å². The van der Waals surface area contributed by atoms with Gasteiger partial charge in [0, 0.05) is 90.0 Å². The molecule has 0 saturated carbocycles. The van der Waals surface area contributed by atoms with Crippen molar-refractivity contribution in [2.45, 2.75) is 0 Å². The number of nitrogens with one attached hydrogen (secondary N) is 8. The number of para-hydroxylation sites is 2. The number of hydrogen-bond acceptors (Lipinski definition) is 8. The van der Waals surface area contributed by atoms with Gasteiger partial charge in [-0.05, 0) is 193 Å². The summed E-state index contributed by atoms with van der Waals surface area (Å²) in [7, 11) is 0. The zero-order chi connectivity index (χ0) is 58.4. The molecule has 0 aliphatic rings. The molecule has 0 aliphatic carbocycles. The van der Waals surface area contributed by atoms with E-state index in [2.05, 4.69) is 42.5 Å². The van der Waals surface area contributed by atoms with Gasteiger partial charge < -0.3 is 42.5 Å². The first-order valence-corrected chi connectivity index (χ1v) is 26.3. The van der Waals surface area contributed by atoms with E-state index in [1.807, 2.05) is 24.3 Å². The summed E-state index contributed by atoms with van der Waals surface area (Å²) in [5, 5.41) is 22.9. The Balaban J connectivity index is 0.956. The van der Waals surface area contributed by atoms with Gasteiger partial charge in [-0.2, -0.15) is 0 Å². The van der Waals surface area contributed by atoms with Gasteiger partial charge in [-0.1, -0.05) is 72.8 Å². The molecule has 0 aliphatic heterocycles. The van der Waals surface area contributed by atoms with Gasteiger partial charge in [-0.15, -0.1) is 0 Å². The van der Waals surface area contributed by atoms with Crippen LogP contribution in [0, 0.1) is 0 Å². The molecule has 16 nitrogen and oxygen atoms in total. The molecule has 410 valence electrons. The predicted molar refractivity (Wildman–Crippen MR) is 327 cm³/mol. The summed E-state index contributed by atoms with van der Waals surface area (Å²) in [6.07, 6.45) is 0. The Morgan fingerprint density at radius 2 is 0.369 bits per heavy atom. The zero-order valence-electron chi connectivity index (χ0n) is 44.5. The first kappa shape index (κ1) is 55.3. The van der Waals surface area contributed by atoms with Crippen LogP contribution < -0.4 is 42.5 Å². The molecule has 0 fully saturated rings. The number of carbonyl (C=O) groups is 8. The highest BCUT2D eigenvalue weighted by molar-refractivity contribution is 6.13. The Morgan fingerprint density at radius 3 is 0.643 bits per heavy atom. The molecule has 0 unspecified atom stereocenters. The lowest BCUT2D eigenvalue weighted by atomic mass is 9.97. The van der Waals surface area contributed by atoms with Crippen LogP contribution in [0.2, 0.25) is 0 Å². The minimum Gasteiger partial charge on any atom is -0.322 e. The number of benzene rings is 10. The monoisotopic (exact) mass is 1110 g/mol. The fraction of sp³-hybridized carbons (Fsp3) is 0. The molecular formula is C68H50N8O8. The molecule has 0 bridgehead atoms. The molecule has 84 heavy (non-hydrogen) atoms. The van der Waals surface area contributed by atoms with Crippen LogP contribution >= 0.6 is 0 Å². The molecule has 0 radical (unpaired) electrons. The van der Waals surface area contributed by atoms with E-state index in [9.17, 15) is 38.4 Å². The summed E-state index contributed by atoms with van der Waals surface area (Å²) in [5.74, 6) is -3.71. The first-order valence-electron chi connectivity index (χ1n) is 26.3. The second-order valence-corrected chi connectivity index (χ2v) is 19.0. The van der Waals surface area contributed by atoms with Gasteiger partial charge in [0.05, 0.1) is 0 Å². The molecule has 0 heterocycles. The van der Waals surface area contributed by atoms with E-state index in [1.165, 1.54) is 60.7 Å². The summed E-state index contributed by atoms with van der Waals surface area (Å²) in [5.41, 5.74) is 6.04. The van der Waals surface area contributed by atoms with Crippen LogP contribution in [-0.4, -0.2) is 47.3 Å². The Bertz CT molecular complexity index is 3810. The highest BCUT2D eigenvalue weighted by atomic mass is 16.2. The maximum absolute atomic E-state index is 14.3. The second kappa shape index (κ2) is 25.8. The fourth-order valence-corrected chi connectivity index (χ4v) is 8.66. The molecular weight excluding hydrogens is 1060 g/mol. The smallest absolute Gasteiger partial charge is 0.255 e. The normalized spacial score (nSPS) is 10.5. The van der Waals surface area contributed by atoms with Gasteiger partial charge >= 0.3 is 0 Å². The van der Waals surface area contributed by atoms with Crippen molar-refractivity contribution in [1.29, 1.82) is 0 Å². The quantitative estimate of drug-likeness (QED) is 0.0436. The summed E-state index contributed by atoms with van der Waals surface area (Å²) < 4.78 is 0. The highest BCUT2D eigenvalue weighted by Gasteiger charge is 2.19. The molecule has 0 spiro atoms. The summed E-state index contributed by atoms with van der Waals surface area (Å²) in [6.45, 7) is 0. The van der Waals surface area contributed by atoms with E-state index < -0.39 is 23.6 Å². The van der Waals surface area contributed by atoms with E-state index in [1.54, 1.807) is 170 Å². The summed E-state index contributed by atoms with van der Waals surface area (Å²) in [6, 6.07) is 69.6. The molecule has 0 atom stereocenters. The molecule has 8 amide bonds. The van der Waals surface area contributed by atoms with Crippen LogP contribution in [0.25, 0.3) is 11.1 Å². The van der Waals surface area contributed by atoms with Crippen LogP contribution in [0.15, 0.2) is 255 Å². The van der Waals surface area contributed by atoms with Crippen molar-refractivity contribution in [3.8, 4) is 11.1 Å². The van der Waals surface area contributed by atoms with E-state index in [0.29, 0.717) is 67.5 Å². The van der Waals surface area contributed by atoms with E-state index >= 15 is 0 Å². The topological polar surface area (TPSA) is 233 Å². The van der Waals surface area contributed by atoms with E-state index in [-0.39, 0.29) is 57.3 Å². The summed E-state index contributed by atoms with van der Waals surface area (Å²) >= 11 is 0.